The highest BCUT2D eigenvalue weighted by atomic mass is 32.2. The molecular weight excluding hydrogens is 376 g/mol. The number of ketones is 1. The fourth-order valence-corrected chi connectivity index (χ4v) is 4.73. The standard InChI is InChI=1S/C20H22N4O3S/c1-13-15(11-21-24(13)14-7-3-2-4-8-14)19(26)22-17-9-5-6-10-23(17)18-16(25)12-28-20(18)27/h2-4,7-8,11,17-18H,5-6,9-10,12H2,1H3,(H,22,26). The van der Waals surface area contributed by atoms with E-state index >= 15 is 0 Å². The molecule has 2 fully saturated rings. The summed E-state index contributed by atoms with van der Waals surface area (Å²) in [6, 6.07) is 8.90. The summed E-state index contributed by atoms with van der Waals surface area (Å²) in [5, 5.41) is 7.27. The van der Waals surface area contributed by atoms with E-state index in [0.29, 0.717) is 12.1 Å². The third-order valence-electron chi connectivity index (χ3n) is 5.31. The molecule has 0 radical (unpaired) electrons. The second-order valence-electron chi connectivity index (χ2n) is 7.09. The van der Waals surface area contributed by atoms with Crippen LogP contribution in [0, 0.1) is 6.92 Å². The second-order valence-corrected chi connectivity index (χ2v) is 8.07. The van der Waals surface area contributed by atoms with Crippen LogP contribution in [0.5, 0.6) is 0 Å². The highest BCUT2D eigenvalue weighted by molar-refractivity contribution is 8.15. The first-order chi connectivity index (χ1) is 13.6. The number of Topliss-reactive ketones (excluding diaryl/α,β-unsaturated/α-hetero) is 1. The maximum atomic E-state index is 12.9. The van der Waals surface area contributed by atoms with Gasteiger partial charge in [0.25, 0.3) is 5.91 Å². The third kappa shape index (κ3) is 3.49. The minimum atomic E-state index is -0.733. The fraction of sp³-hybridized carbons (Fsp3) is 0.400. The number of nitrogens with one attached hydrogen (secondary N) is 1. The molecule has 28 heavy (non-hydrogen) atoms. The van der Waals surface area contributed by atoms with Crippen LogP contribution in [0.2, 0.25) is 0 Å². The van der Waals surface area contributed by atoms with Gasteiger partial charge in [0, 0.05) is 6.54 Å². The van der Waals surface area contributed by atoms with Crippen LogP contribution < -0.4 is 5.32 Å². The number of amides is 1. The summed E-state index contributed by atoms with van der Waals surface area (Å²) >= 11 is 1.07. The number of benzene rings is 1. The van der Waals surface area contributed by atoms with Crippen molar-refractivity contribution in [1.29, 1.82) is 0 Å². The average molecular weight is 398 g/mol. The molecule has 3 heterocycles. The van der Waals surface area contributed by atoms with E-state index in [1.54, 1.807) is 10.9 Å². The van der Waals surface area contributed by atoms with E-state index in [1.165, 1.54) is 0 Å². The van der Waals surface area contributed by atoms with Crippen LogP contribution in [0.1, 0.15) is 35.3 Å². The second kappa shape index (κ2) is 7.89. The Morgan fingerprint density at radius 2 is 2.00 bits per heavy atom. The Labute approximate surface area is 167 Å². The van der Waals surface area contributed by atoms with Gasteiger partial charge in [-0.05, 0) is 38.3 Å². The molecule has 0 spiro atoms. The first-order valence-electron chi connectivity index (χ1n) is 9.42. The van der Waals surface area contributed by atoms with Crippen molar-refractivity contribution in [2.45, 2.75) is 38.4 Å². The Morgan fingerprint density at radius 1 is 1.21 bits per heavy atom. The van der Waals surface area contributed by atoms with Crippen LogP contribution in [-0.4, -0.2) is 56.0 Å². The van der Waals surface area contributed by atoms with Gasteiger partial charge in [-0.25, -0.2) is 4.68 Å². The summed E-state index contributed by atoms with van der Waals surface area (Å²) in [5.74, 6) is -0.0739. The fourth-order valence-electron chi connectivity index (χ4n) is 3.86. The van der Waals surface area contributed by atoms with Crippen LogP contribution in [0.15, 0.2) is 36.5 Å². The lowest BCUT2D eigenvalue weighted by molar-refractivity contribution is -0.129. The number of aromatic nitrogens is 2. The molecule has 2 aliphatic heterocycles. The lowest BCUT2D eigenvalue weighted by Gasteiger charge is -2.38. The monoisotopic (exact) mass is 398 g/mol. The average Bonchev–Trinajstić information content (AvgIpc) is 3.25. The molecule has 8 heteroatoms. The smallest absolute Gasteiger partial charge is 0.255 e. The van der Waals surface area contributed by atoms with Crippen molar-refractivity contribution in [2.75, 3.05) is 12.3 Å². The van der Waals surface area contributed by atoms with Crippen LogP contribution >= 0.6 is 11.8 Å². The molecule has 2 saturated heterocycles. The normalized spacial score (nSPS) is 23.2. The maximum Gasteiger partial charge on any atom is 0.255 e. The first kappa shape index (κ1) is 18.9. The highest BCUT2D eigenvalue weighted by Gasteiger charge is 2.42. The number of rotatable bonds is 4. The summed E-state index contributed by atoms with van der Waals surface area (Å²) in [6.45, 7) is 2.49. The zero-order chi connectivity index (χ0) is 19.7. The Bertz CT molecular complexity index is 895. The van der Waals surface area contributed by atoms with Crippen molar-refractivity contribution >= 4 is 28.6 Å². The van der Waals surface area contributed by atoms with Crippen LogP contribution in [0.4, 0.5) is 0 Å². The van der Waals surface area contributed by atoms with E-state index < -0.39 is 6.04 Å². The lowest BCUT2D eigenvalue weighted by atomic mass is 10.0. The third-order valence-corrected chi connectivity index (χ3v) is 6.25. The summed E-state index contributed by atoms with van der Waals surface area (Å²) in [5.41, 5.74) is 2.12. The van der Waals surface area contributed by atoms with Gasteiger partial charge >= 0.3 is 0 Å². The van der Waals surface area contributed by atoms with E-state index in [-0.39, 0.29) is 28.7 Å². The Morgan fingerprint density at radius 3 is 2.71 bits per heavy atom. The van der Waals surface area contributed by atoms with Crippen molar-refractivity contribution in [3.63, 3.8) is 0 Å². The predicted molar refractivity (Wildman–Crippen MR) is 106 cm³/mol. The van der Waals surface area contributed by atoms with E-state index in [4.69, 9.17) is 0 Å². The molecule has 146 valence electrons. The Balaban J connectivity index is 1.53. The SMILES string of the molecule is Cc1c(C(=O)NC2CCCCN2C2C(=O)CSC2=O)cnn1-c1ccccc1. The van der Waals surface area contributed by atoms with Crippen LogP contribution in [0.3, 0.4) is 0 Å². The van der Waals surface area contributed by atoms with Crippen molar-refractivity contribution in [3.05, 3.63) is 47.8 Å². The minimum absolute atomic E-state index is 0.0655. The molecule has 0 bridgehead atoms. The molecule has 2 atom stereocenters. The zero-order valence-corrected chi connectivity index (χ0v) is 16.4. The van der Waals surface area contributed by atoms with E-state index in [1.807, 2.05) is 42.2 Å². The van der Waals surface area contributed by atoms with E-state index in [2.05, 4.69) is 10.4 Å². The molecule has 2 aromatic rings. The van der Waals surface area contributed by atoms with Crippen molar-refractivity contribution in [1.82, 2.24) is 20.0 Å². The molecule has 1 aromatic heterocycles. The largest absolute Gasteiger partial charge is 0.336 e. The highest BCUT2D eigenvalue weighted by Crippen LogP contribution is 2.27. The van der Waals surface area contributed by atoms with Crippen molar-refractivity contribution < 1.29 is 14.4 Å². The maximum absolute atomic E-state index is 12.9. The molecule has 1 aromatic carbocycles. The summed E-state index contributed by atoms with van der Waals surface area (Å²) in [6.07, 6.45) is 3.83. The number of hydrogen-bond acceptors (Lipinski definition) is 6. The number of likely N-dealkylation sites (tertiary alicyclic amines) is 1. The number of nitrogens with zero attached hydrogens (tertiary/aromatic N) is 3. The molecule has 0 aliphatic carbocycles. The zero-order valence-electron chi connectivity index (χ0n) is 15.6. The number of carbonyl (C=O) groups is 3. The van der Waals surface area contributed by atoms with Gasteiger partial charge in [-0.15, -0.1) is 0 Å². The van der Waals surface area contributed by atoms with E-state index in [0.717, 1.165) is 42.4 Å². The Hall–Kier alpha value is -2.45. The number of piperidine rings is 1. The van der Waals surface area contributed by atoms with Crippen LogP contribution in [0.25, 0.3) is 5.69 Å². The quantitative estimate of drug-likeness (QED) is 0.793. The molecule has 4 rings (SSSR count). The van der Waals surface area contributed by atoms with Gasteiger partial charge < -0.3 is 5.32 Å². The first-order valence-corrected chi connectivity index (χ1v) is 10.4. The summed E-state index contributed by atoms with van der Waals surface area (Å²) in [4.78, 5) is 39.2. The van der Waals surface area contributed by atoms with Crippen molar-refractivity contribution in [3.8, 4) is 5.69 Å². The molecule has 2 unspecified atom stereocenters. The number of carbonyl (C=O) groups excluding carboxylic acids is 3. The van der Waals surface area contributed by atoms with Crippen molar-refractivity contribution in [2.24, 2.45) is 0 Å². The van der Waals surface area contributed by atoms with Gasteiger partial charge in [-0.1, -0.05) is 30.0 Å². The number of para-hydroxylation sites is 1. The topological polar surface area (TPSA) is 84.3 Å². The lowest BCUT2D eigenvalue weighted by Crippen LogP contribution is -2.57. The molecule has 1 amide bonds. The van der Waals surface area contributed by atoms with Gasteiger partial charge in [0.05, 0.1) is 35.1 Å². The van der Waals surface area contributed by atoms with Gasteiger partial charge in [-0.2, -0.15) is 5.10 Å². The number of hydrogen-bond donors (Lipinski definition) is 1. The van der Waals surface area contributed by atoms with Gasteiger partial charge in [0.2, 0.25) is 5.12 Å². The molecule has 2 aliphatic rings. The summed E-state index contributed by atoms with van der Waals surface area (Å²) in [7, 11) is 0. The van der Waals surface area contributed by atoms with Crippen LogP contribution in [-0.2, 0) is 9.59 Å². The minimum Gasteiger partial charge on any atom is -0.336 e. The van der Waals surface area contributed by atoms with Gasteiger partial charge in [0.1, 0.15) is 6.04 Å². The summed E-state index contributed by atoms with van der Waals surface area (Å²) < 4.78 is 1.73. The molecule has 0 saturated carbocycles. The number of thioether (sulfide) groups is 1. The Kier molecular flexibility index (Phi) is 5.32. The van der Waals surface area contributed by atoms with Gasteiger partial charge in [-0.3, -0.25) is 19.3 Å². The van der Waals surface area contributed by atoms with E-state index in [9.17, 15) is 14.4 Å². The molecule has 1 N–H and O–H groups in total. The van der Waals surface area contributed by atoms with Gasteiger partial charge in [0.15, 0.2) is 5.78 Å². The molecule has 7 nitrogen and oxygen atoms in total. The molecular formula is C20H22N4O3S. The predicted octanol–water partition coefficient (Wildman–Crippen LogP) is 1.93.